The minimum absolute atomic E-state index is 0.0278. The molecular weight excluding hydrogens is 412 g/mol. The number of hydrogen-bond acceptors (Lipinski definition) is 3. The van der Waals surface area contributed by atoms with Crippen molar-refractivity contribution in [3.8, 4) is 5.75 Å². The van der Waals surface area contributed by atoms with Gasteiger partial charge in [-0.1, -0.05) is 49.4 Å². The smallest absolute Gasteiger partial charge is 0.255 e. The predicted molar refractivity (Wildman–Crippen MR) is 131 cm³/mol. The van der Waals surface area contributed by atoms with Crippen LogP contribution in [0.15, 0.2) is 78.9 Å². The Balaban J connectivity index is 1.36. The van der Waals surface area contributed by atoms with Crippen molar-refractivity contribution in [3.05, 3.63) is 95.6 Å². The molecule has 3 aromatic rings. The van der Waals surface area contributed by atoms with Gasteiger partial charge in [-0.05, 0) is 60.7 Å². The number of amides is 2. The van der Waals surface area contributed by atoms with E-state index in [1.165, 1.54) is 5.56 Å². The van der Waals surface area contributed by atoms with Gasteiger partial charge in [0.25, 0.3) is 11.8 Å². The second-order valence-electron chi connectivity index (χ2n) is 8.58. The summed E-state index contributed by atoms with van der Waals surface area (Å²) in [6.45, 7) is 4.30. The number of para-hydroxylation sites is 1. The van der Waals surface area contributed by atoms with Gasteiger partial charge in [-0.2, -0.15) is 0 Å². The van der Waals surface area contributed by atoms with E-state index in [2.05, 4.69) is 24.4 Å². The lowest BCUT2D eigenvalue weighted by Crippen LogP contribution is -2.38. The van der Waals surface area contributed by atoms with Crippen molar-refractivity contribution in [2.45, 2.75) is 26.2 Å². The molecule has 1 aliphatic heterocycles. The van der Waals surface area contributed by atoms with Gasteiger partial charge >= 0.3 is 0 Å². The molecule has 1 fully saturated rings. The van der Waals surface area contributed by atoms with Gasteiger partial charge < -0.3 is 15.0 Å². The molecule has 0 spiro atoms. The lowest BCUT2D eigenvalue weighted by molar-refractivity contribution is 0.0698. The Morgan fingerprint density at radius 3 is 2.30 bits per heavy atom. The number of anilines is 1. The van der Waals surface area contributed by atoms with E-state index >= 15 is 0 Å². The topological polar surface area (TPSA) is 58.6 Å². The van der Waals surface area contributed by atoms with Gasteiger partial charge in [0, 0.05) is 25.1 Å². The third-order valence-corrected chi connectivity index (χ3v) is 6.10. The Labute approximate surface area is 195 Å². The number of likely N-dealkylation sites (tertiary alicyclic amines) is 1. The fraction of sp³-hybridized carbons (Fsp3) is 0.286. The van der Waals surface area contributed by atoms with Gasteiger partial charge in [0.05, 0.1) is 17.9 Å². The first-order valence-corrected chi connectivity index (χ1v) is 11.6. The third kappa shape index (κ3) is 6.01. The molecule has 170 valence electrons. The van der Waals surface area contributed by atoms with E-state index in [0.717, 1.165) is 38.1 Å². The Kier molecular flexibility index (Phi) is 7.40. The van der Waals surface area contributed by atoms with Crippen molar-refractivity contribution in [1.82, 2.24) is 4.90 Å². The summed E-state index contributed by atoms with van der Waals surface area (Å²) >= 11 is 0. The number of nitrogens with one attached hydrogen (secondary N) is 1. The lowest BCUT2D eigenvalue weighted by Gasteiger charge is -2.30. The Hall–Kier alpha value is -3.60. The summed E-state index contributed by atoms with van der Waals surface area (Å²) in [6, 6.07) is 24.5. The largest absolute Gasteiger partial charge is 0.493 e. The summed E-state index contributed by atoms with van der Waals surface area (Å²) in [7, 11) is 0. The first kappa shape index (κ1) is 22.6. The second kappa shape index (κ2) is 10.8. The maximum Gasteiger partial charge on any atom is 0.255 e. The average Bonchev–Trinajstić information content (AvgIpc) is 2.85. The van der Waals surface area contributed by atoms with Gasteiger partial charge in [0.2, 0.25) is 0 Å². The number of rotatable bonds is 7. The van der Waals surface area contributed by atoms with Crippen molar-refractivity contribution in [2.24, 2.45) is 5.92 Å². The molecule has 0 atom stereocenters. The van der Waals surface area contributed by atoms with Crippen molar-refractivity contribution in [2.75, 3.05) is 25.0 Å². The first-order valence-electron chi connectivity index (χ1n) is 11.6. The molecule has 2 amide bonds. The van der Waals surface area contributed by atoms with E-state index in [0.29, 0.717) is 29.3 Å². The number of carbonyl (C=O) groups excluding carboxylic acids is 2. The zero-order chi connectivity index (χ0) is 23.0. The van der Waals surface area contributed by atoms with Crippen LogP contribution in [0.4, 0.5) is 5.69 Å². The molecule has 0 saturated carbocycles. The monoisotopic (exact) mass is 442 g/mol. The number of ether oxygens (including phenoxy) is 1. The van der Waals surface area contributed by atoms with E-state index in [1.807, 2.05) is 35.2 Å². The van der Waals surface area contributed by atoms with Crippen molar-refractivity contribution in [3.63, 3.8) is 0 Å². The van der Waals surface area contributed by atoms with Crippen LogP contribution >= 0.6 is 0 Å². The summed E-state index contributed by atoms with van der Waals surface area (Å²) in [5.41, 5.74) is 2.80. The summed E-state index contributed by atoms with van der Waals surface area (Å²) < 4.78 is 5.81. The van der Waals surface area contributed by atoms with Crippen LogP contribution in [0.5, 0.6) is 5.75 Å². The van der Waals surface area contributed by atoms with E-state index in [-0.39, 0.29) is 11.8 Å². The average molecular weight is 443 g/mol. The van der Waals surface area contributed by atoms with Crippen LogP contribution in [0.25, 0.3) is 0 Å². The first-order chi connectivity index (χ1) is 16.1. The highest BCUT2D eigenvalue weighted by Gasteiger charge is 2.23. The summed E-state index contributed by atoms with van der Waals surface area (Å²) in [6.07, 6.45) is 2.85. The molecule has 1 heterocycles. The highest BCUT2D eigenvalue weighted by Crippen LogP contribution is 2.23. The summed E-state index contributed by atoms with van der Waals surface area (Å²) in [5, 5.41) is 2.91. The number of nitrogens with zero attached hydrogens (tertiary/aromatic N) is 1. The van der Waals surface area contributed by atoms with Crippen molar-refractivity contribution < 1.29 is 14.3 Å². The number of carbonyl (C=O) groups is 2. The molecule has 1 N–H and O–H groups in total. The molecular formula is C28H30N2O3. The van der Waals surface area contributed by atoms with Crippen molar-refractivity contribution in [1.29, 1.82) is 0 Å². The number of hydrogen-bond donors (Lipinski definition) is 1. The van der Waals surface area contributed by atoms with Gasteiger partial charge in [-0.25, -0.2) is 0 Å². The predicted octanol–water partition coefficient (Wildman–Crippen LogP) is 5.43. The van der Waals surface area contributed by atoms with Crippen LogP contribution in [0.3, 0.4) is 0 Å². The van der Waals surface area contributed by atoms with Crippen LogP contribution in [0.1, 0.15) is 46.0 Å². The van der Waals surface area contributed by atoms with Gasteiger partial charge in [-0.3, -0.25) is 9.59 Å². The second-order valence-corrected chi connectivity index (χ2v) is 8.58. The Morgan fingerprint density at radius 2 is 1.58 bits per heavy atom. The van der Waals surface area contributed by atoms with Crippen LogP contribution in [-0.4, -0.2) is 36.4 Å². The number of benzene rings is 3. The molecule has 0 bridgehead atoms. The zero-order valence-electron chi connectivity index (χ0n) is 19.0. The van der Waals surface area contributed by atoms with Crippen LogP contribution in [0.2, 0.25) is 0 Å². The Morgan fingerprint density at radius 1 is 0.909 bits per heavy atom. The van der Waals surface area contributed by atoms with Crippen LogP contribution < -0.4 is 10.1 Å². The molecule has 0 aromatic heterocycles. The third-order valence-electron chi connectivity index (χ3n) is 6.10. The molecule has 1 aliphatic rings. The fourth-order valence-electron chi connectivity index (χ4n) is 3.99. The quantitative estimate of drug-likeness (QED) is 0.531. The Bertz CT molecular complexity index is 1070. The van der Waals surface area contributed by atoms with E-state index < -0.39 is 0 Å². The molecule has 0 radical (unpaired) electrons. The van der Waals surface area contributed by atoms with Gasteiger partial charge in [0.1, 0.15) is 5.75 Å². The maximum absolute atomic E-state index is 13.1. The molecule has 0 aliphatic carbocycles. The fourth-order valence-corrected chi connectivity index (χ4v) is 3.99. The minimum Gasteiger partial charge on any atom is -0.493 e. The van der Waals surface area contributed by atoms with E-state index in [9.17, 15) is 9.59 Å². The molecule has 1 saturated heterocycles. The normalized spacial score (nSPS) is 14.0. The molecule has 5 nitrogen and oxygen atoms in total. The molecule has 0 unspecified atom stereocenters. The molecule has 5 heteroatoms. The summed E-state index contributed by atoms with van der Waals surface area (Å²) in [5.74, 6) is 1.09. The standard InChI is InChI=1S/C28H30N2O3/c1-21-15-18-30(19-16-21)28(32)25-9-5-6-10-26(25)29-27(31)23-11-13-24(14-12-23)33-20-17-22-7-3-2-4-8-22/h2-14,21H,15-20H2,1H3,(H,29,31). The van der Waals surface area contributed by atoms with Gasteiger partial charge in [-0.15, -0.1) is 0 Å². The van der Waals surface area contributed by atoms with Crippen LogP contribution in [0, 0.1) is 5.92 Å². The van der Waals surface area contributed by atoms with Gasteiger partial charge in [0.15, 0.2) is 0 Å². The summed E-state index contributed by atoms with van der Waals surface area (Å²) in [4.78, 5) is 27.8. The van der Waals surface area contributed by atoms with Crippen molar-refractivity contribution >= 4 is 17.5 Å². The molecule has 4 rings (SSSR count). The molecule has 33 heavy (non-hydrogen) atoms. The number of piperidine rings is 1. The lowest BCUT2D eigenvalue weighted by atomic mass is 9.98. The maximum atomic E-state index is 13.1. The zero-order valence-corrected chi connectivity index (χ0v) is 19.0. The SMILES string of the molecule is CC1CCN(C(=O)c2ccccc2NC(=O)c2ccc(OCCc3ccccc3)cc2)CC1. The van der Waals surface area contributed by atoms with E-state index in [4.69, 9.17) is 4.74 Å². The highest BCUT2D eigenvalue weighted by atomic mass is 16.5. The minimum atomic E-state index is -0.252. The van der Waals surface area contributed by atoms with Crippen LogP contribution in [-0.2, 0) is 6.42 Å². The highest BCUT2D eigenvalue weighted by molar-refractivity contribution is 6.09. The molecule has 3 aromatic carbocycles. The van der Waals surface area contributed by atoms with E-state index in [1.54, 1.807) is 36.4 Å².